The molecule has 0 saturated carbocycles. The van der Waals surface area contributed by atoms with Crippen LogP contribution in [0.3, 0.4) is 0 Å². The van der Waals surface area contributed by atoms with E-state index in [1.807, 2.05) is 32.9 Å². The van der Waals surface area contributed by atoms with Crippen LogP contribution in [0, 0.1) is 7.14 Å². The zero-order valence-electron chi connectivity index (χ0n) is 14.3. The molecule has 0 aliphatic rings. The van der Waals surface area contributed by atoms with E-state index in [0.29, 0.717) is 44.5 Å². The molecule has 0 aromatic heterocycles. The Balaban J connectivity index is 2.53. The zero-order chi connectivity index (χ0) is 18.0. The first kappa shape index (κ1) is 22.3. The van der Waals surface area contributed by atoms with Gasteiger partial charge in [0.2, 0.25) is 0 Å². The smallest absolute Gasteiger partial charge is 0.462 e. The molecule has 0 radical (unpaired) electrons. The van der Waals surface area contributed by atoms with E-state index >= 15 is 0 Å². The number of carbonyl (C=O) groups is 1. The second-order valence-corrected chi connectivity index (χ2v) is 9.99. The Kier molecular flexibility index (Phi) is 10.9. The van der Waals surface area contributed by atoms with Gasteiger partial charge in [-0.1, -0.05) is 0 Å². The van der Waals surface area contributed by atoms with Gasteiger partial charge in [0.15, 0.2) is 0 Å². The van der Waals surface area contributed by atoms with Gasteiger partial charge in [-0.05, 0) is 90.6 Å². The summed E-state index contributed by atoms with van der Waals surface area (Å²) in [6, 6.07) is 6.29. The molecule has 0 fully saturated rings. The van der Waals surface area contributed by atoms with Gasteiger partial charge in [0, 0.05) is 33.0 Å². The molecule has 24 heavy (non-hydrogen) atoms. The molecule has 5 nitrogen and oxygen atoms in total. The van der Waals surface area contributed by atoms with E-state index in [2.05, 4.69) is 45.2 Å². The van der Waals surface area contributed by atoms with Gasteiger partial charge in [-0.15, -0.1) is 0 Å². The molecule has 0 saturated heterocycles. The lowest BCUT2D eigenvalue weighted by molar-refractivity contribution is 0.0467. The summed E-state index contributed by atoms with van der Waals surface area (Å²) in [5, 5.41) is 0. The number of halogens is 2. The molecule has 0 heterocycles. The van der Waals surface area contributed by atoms with Crippen LogP contribution >= 0.6 is 45.2 Å². The van der Waals surface area contributed by atoms with Crippen molar-refractivity contribution < 1.29 is 22.8 Å². The summed E-state index contributed by atoms with van der Waals surface area (Å²) in [6.07, 6.45) is 0.652. The van der Waals surface area contributed by atoms with Crippen molar-refractivity contribution >= 4 is 60.0 Å². The predicted molar refractivity (Wildman–Crippen MR) is 112 cm³/mol. The molecule has 136 valence electrons. The lowest BCUT2D eigenvalue weighted by atomic mass is 10.2. The number of rotatable bonds is 11. The van der Waals surface area contributed by atoms with Gasteiger partial charge in [-0.3, -0.25) is 0 Å². The van der Waals surface area contributed by atoms with Gasteiger partial charge in [0.1, 0.15) is 0 Å². The third kappa shape index (κ3) is 7.24. The maximum atomic E-state index is 12.2. The van der Waals surface area contributed by atoms with E-state index in [0.717, 1.165) is 7.14 Å². The van der Waals surface area contributed by atoms with Crippen LogP contribution < -0.4 is 0 Å². The van der Waals surface area contributed by atoms with Crippen molar-refractivity contribution in [3.05, 3.63) is 30.9 Å². The highest BCUT2D eigenvalue weighted by atomic mass is 127. The Bertz CT molecular complexity index is 510. The van der Waals surface area contributed by atoms with Crippen molar-refractivity contribution in [2.45, 2.75) is 33.2 Å². The fraction of sp³-hybridized carbons (Fsp3) is 0.562. The molecule has 0 bridgehead atoms. The van der Waals surface area contributed by atoms with Crippen molar-refractivity contribution in [1.82, 2.24) is 0 Å². The normalized spacial score (nSPS) is 11.5. The number of hydrogen-bond donors (Lipinski definition) is 0. The van der Waals surface area contributed by atoms with E-state index < -0.39 is 8.80 Å². The van der Waals surface area contributed by atoms with E-state index in [4.69, 9.17) is 18.0 Å². The highest BCUT2D eigenvalue weighted by molar-refractivity contribution is 14.1. The molecule has 0 aliphatic carbocycles. The fourth-order valence-corrected chi connectivity index (χ4v) is 6.59. The maximum Gasteiger partial charge on any atom is 0.501 e. The van der Waals surface area contributed by atoms with E-state index in [1.165, 1.54) is 0 Å². The first-order valence-corrected chi connectivity index (χ1v) is 12.1. The molecule has 0 spiro atoms. The highest BCUT2D eigenvalue weighted by Crippen LogP contribution is 2.20. The summed E-state index contributed by atoms with van der Waals surface area (Å²) in [5.41, 5.74) is 0.596. The Labute approximate surface area is 172 Å². The Hall–Kier alpha value is 0.247. The average molecular weight is 578 g/mol. The fourth-order valence-electron chi connectivity index (χ4n) is 2.19. The number of hydrogen-bond acceptors (Lipinski definition) is 5. The quantitative estimate of drug-likeness (QED) is 0.168. The zero-order valence-corrected chi connectivity index (χ0v) is 19.6. The molecule has 1 aromatic carbocycles. The van der Waals surface area contributed by atoms with Crippen molar-refractivity contribution in [3.8, 4) is 0 Å². The summed E-state index contributed by atoms with van der Waals surface area (Å²) in [6.45, 7) is 7.75. The van der Waals surface area contributed by atoms with Crippen LogP contribution in [-0.4, -0.2) is 41.2 Å². The van der Waals surface area contributed by atoms with Gasteiger partial charge < -0.3 is 18.0 Å². The topological polar surface area (TPSA) is 54.0 Å². The standard InChI is InChI=1S/C16H24I2O5Si/c1-4-21-24(22-5-2,23-6-3)11-7-10-20-16(19)14-9-8-13(17)12-15(14)18/h8-9,12H,4-7,10-11H2,1-3H3. The minimum Gasteiger partial charge on any atom is -0.462 e. The summed E-state index contributed by atoms with van der Waals surface area (Å²) in [5.74, 6) is -0.299. The molecule has 1 rings (SSSR count). The van der Waals surface area contributed by atoms with E-state index in [-0.39, 0.29) is 5.97 Å². The van der Waals surface area contributed by atoms with Crippen LogP contribution in [0.2, 0.25) is 6.04 Å². The van der Waals surface area contributed by atoms with Crippen molar-refractivity contribution in [2.75, 3.05) is 26.4 Å². The van der Waals surface area contributed by atoms with E-state index in [9.17, 15) is 4.79 Å². The van der Waals surface area contributed by atoms with E-state index in [1.54, 1.807) is 6.07 Å². The van der Waals surface area contributed by atoms with Gasteiger partial charge >= 0.3 is 14.8 Å². The van der Waals surface area contributed by atoms with Gasteiger partial charge in [-0.2, -0.15) is 0 Å². The van der Waals surface area contributed by atoms with Crippen LogP contribution in [-0.2, 0) is 18.0 Å². The molecule has 1 aromatic rings. The van der Waals surface area contributed by atoms with Crippen LogP contribution in [0.1, 0.15) is 37.6 Å². The Morgan fingerprint density at radius 3 is 2.12 bits per heavy atom. The predicted octanol–water partition coefficient (Wildman–Crippen LogP) is 4.49. The monoisotopic (exact) mass is 578 g/mol. The minimum atomic E-state index is -2.66. The second-order valence-electron chi connectivity index (χ2n) is 4.85. The summed E-state index contributed by atoms with van der Waals surface area (Å²) in [4.78, 5) is 12.2. The Morgan fingerprint density at radius 2 is 1.62 bits per heavy atom. The number of carbonyl (C=O) groups excluding carboxylic acids is 1. The van der Waals surface area contributed by atoms with Crippen LogP contribution in [0.4, 0.5) is 0 Å². The third-order valence-electron chi connectivity index (χ3n) is 3.10. The van der Waals surface area contributed by atoms with Gasteiger partial charge in [0.25, 0.3) is 0 Å². The van der Waals surface area contributed by atoms with Crippen molar-refractivity contribution in [1.29, 1.82) is 0 Å². The van der Waals surface area contributed by atoms with Crippen LogP contribution in [0.15, 0.2) is 18.2 Å². The second kappa shape index (κ2) is 11.8. The molecule has 0 amide bonds. The molecular weight excluding hydrogens is 554 g/mol. The van der Waals surface area contributed by atoms with Crippen LogP contribution in [0.5, 0.6) is 0 Å². The summed E-state index contributed by atoms with van der Waals surface area (Å²) >= 11 is 4.37. The molecule has 8 heteroatoms. The average Bonchev–Trinajstić information content (AvgIpc) is 2.52. The largest absolute Gasteiger partial charge is 0.501 e. The Morgan fingerprint density at radius 1 is 1.04 bits per heavy atom. The lowest BCUT2D eigenvalue weighted by Crippen LogP contribution is -2.46. The first-order valence-electron chi connectivity index (χ1n) is 8.02. The third-order valence-corrected chi connectivity index (χ3v) is 7.82. The van der Waals surface area contributed by atoms with Crippen molar-refractivity contribution in [2.24, 2.45) is 0 Å². The SMILES string of the molecule is CCO[Si](CCCOC(=O)c1ccc(I)cc1I)(OCC)OCC. The number of ether oxygens (including phenoxy) is 1. The van der Waals surface area contributed by atoms with Crippen molar-refractivity contribution in [3.63, 3.8) is 0 Å². The molecule has 0 atom stereocenters. The molecule has 0 aliphatic heterocycles. The number of esters is 1. The highest BCUT2D eigenvalue weighted by Gasteiger charge is 2.39. The summed E-state index contributed by atoms with van der Waals surface area (Å²) < 4.78 is 24.7. The summed E-state index contributed by atoms with van der Waals surface area (Å²) in [7, 11) is -2.66. The first-order chi connectivity index (χ1) is 11.5. The van der Waals surface area contributed by atoms with Gasteiger partial charge in [-0.25, -0.2) is 4.79 Å². The lowest BCUT2D eigenvalue weighted by Gasteiger charge is -2.28. The molecule has 0 unspecified atom stereocenters. The molecule has 0 N–H and O–H groups in total. The van der Waals surface area contributed by atoms with Crippen LogP contribution in [0.25, 0.3) is 0 Å². The molecular formula is C16H24I2O5Si. The maximum absolute atomic E-state index is 12.2. The van der Waals surface area contributed by atoms with Gasteiger partial charge in [0.05, 0.1) is 12.2 Å². The number of benzene rings is 1. The minimum absolute atomic E-state index is 0.299.